The molecule has 3 N–H and O–H groups in total. The maximum absolute atomic E-state index is 12.0. The third kappa shape index (κ3) is 3.90. The fourth-order valence-electron chi connectivity index (χ4n) is 2.42. The van der Waals surface area contributed by atoms with Gasteiger partial charge in [-0.1, -0.05) is 0 Å². The third-order valence-electron chi connectivity index (χ3n) is 3.61. The number of nitrogens with zero attached hydrogens (tertiary/aromatic N) is 1. The van der Waals surface area contributed by atoms with Crippen molar-refractivity contribution in [3.05, 3.63) is 32.6 Å². The molecule has 24 heavy (non-hydrogen) atoms. The van der Waals surface area contributed by atoms with E-state index >= 15 is 0 Å². The molecule has 0 amide bonds. The summed E-state index contributed by atoms with van der Waals surface area (Å²) in [5.41, 5.74) is -0.977. The molecule has 1 aliphatic heterocycles. The molecule has 0 aromatic carbocycles. The van der Waals surface area contributed by atoms with E-state index in [0.717, 1.165) is 4.57 Å². The largest absolute Gasteiger partial charge is 0.463 e. The number of H-pyrrole nitrogens is 1. The maximum atomic E-state index is 12.0. The predicted molar refractivity (Wildman–Crippen MR) is 79.4 cm³/mol. The second kappa shape index (κ2) is 7.71. The lowest BCUT2D eigenvalue weighted by molar-refractivity contribution is -0.144. The number of hydrogen-bond donors (Lipinski definition) is 3. The standard InChI is InChI=1S/C14H20N2O8/c1-7-5-16(14(21)15-12(7)20)13-11(10(19)9(6-17)24-13)23-4-3-22-8(2)18/h5,9-11,13,17,19H,3-4,6H2,1-2H3,(H,15,20,21)/t9-,10-,11-,13-/m1/s1. The molecule has 1 fully saturated rings. The van der Waals surface area contributed by atoms with Crippen molar-refractivity contribution in [2.45, 2.75) is 38.4 Å². The Morgan fingerprint density at radius 1 is 1.42 bits per heavy atom. The van der Waals surface area contributed by atoms with Crippen molar-refractivity contribution in [2.75, 3.05) is 19.8 Å². The molecule has 1 saturated heterocycles. The van der Waals surface area contributed by atoms with Crippen LogP contribution in [0.1, 0.15) is 18.7 Å². The summed E-state index contributed by atoms with van der Waals surface area (Å²) in [5.74, 6) is -0.473. The molecule has 0 bridgehead atoms. The second-order valence-corrected chi connectivity index (χ2v) is 5.39. The number of nitrogens with one attached hydrogen (secondary N) is 1. The number of esters is 1. The van der Waals surface area contributed by atoms with Crippen molar-refractivity contribution < 1.29 is 29.2 Å². The SMILES string of the molecule is CC(=O)OCCO[C@@H]1[C@H](O)[C@@H](CO)O[C@H]1n1cc(C)c(=O)[nH]c1=O. The summed E-state index contributed by atoms with van der Waals surface area (Å²) >= 11 is 0. The van der Waals surface area contributed by atoms with Crippen LogP contribution in [-0.2, 0) is 19.0 Å². The Hall–Kier alpha value is -2.01. The van der Waals surface area contributed by atoms with E-state index in [1.54, 1.807) is 0 Å². The molecule has 134 valence electrons. The van der Waals surface area contributed by atoms with Crippen LogP contribution in [0, 0.1) is 6.92 Å². The van der Waals surface area contributed by atoms with E-state index in [-0.39, 0.29) is 18.8 Å². The van der Waals surface area contributed by atoms with Crippen LogP contribution in [0.4, 0.5) is 0 Å². The van der Waals surface area contributed by atoms with E-state index in [0.29, 0.717) is 0 Å². The number of rotatable bonds is 6. The fourth-order valence-corrected chi connectivity index (χ4v) is 2.42. The van der Waals surface area contributed by atoms with Gasteiger partial charge in [0.15, 0.2) is 6.23 Å². The molecule has 2 rings (SSSR count). The average Bonchev–Trinajstić information content (AvgIpc) is 2.83. The molecule has 10 nitrogen and oxygen atoms in total. The van der Waals surface area contributed by atoms with Gasteiger partial charge in [0.05, 0.1) is 13.2 Å². The molecule has 0 radical (unpaired) electrons. The van der Waals surface area contributed by atoms with Gasteiger partial charge in [0.2, 0.25) is 0 Å². The number of aryl methyl sites for hydroxylation is 1. The Morgan fingerprint density at radius 2 is 2.12 bits per heavy atom. The Balaban J connectivity index is 2.21. The van der Waals surface area contributed by atoms with Crippen molar-refractivity contribution >= 4 is 5.97 Å². The minimum atomic E-state index is -1.20. The molecule has 0 spiro atoms. The fraction of sp³-hybridized carbons (Fsp3) is 0.643. The van der Waals surface area contributed by atoms with Crippen LogP contribution in [0.2, 0.25) is 0 Å². The number of ether oxygens (including phenoxy) is 3. The van der Waals surface area contributed by atoms with Crippen LogP contribution >= 0.6 is 0 Å². The van der Waals surface area contributed by atoms with E-state index in [4.69, 9.17) is 14.2 Å². The minimum absolute atomic E-state index is 0.0313. The van der Waals surface area contributed by atoms with E-state index in [9.17, 15) is 24.6 Å². The van der Waals surface area contributed by atoms with Crippen molar-refractivity contribution in [3.8, 4) is 0 Å². The van der Waals surface area contributed by atoms with Gasteiger partial charge in [-0.15, -0.1) is 0 Å². The van der Waals surface area contributed by atoms with Gasteiger partial charge in [-0.05, 0) is 6.92 Å². The van der Waals surface area contributed by atoms with Crippen LogP contribution in [0.15, 0.2) is 15.8 Å². The topological polar surface area (TPSA) is 140 Å². The number of carbonyl (C=O) groups excluding carboxylic acids is 1. The molecule has 10 heteroatoms. The first kappa shape index (κ1) is 18.3. The summed E-state index contributed by atoms with van der Waals surface area (Å²) in [6.45, 7) is 2.23. The van der Waals surface area contributed by atoms with Gasteiger partial charge in [-0.2, -0.15) is 0 Å². The lowest BCUT2D eigenvalue weighted by Crippen LogP contribution is -2.40. The van der Waals surface area contributed by atoms with Crippen LogP contribution < -0.4 is 11.2 Å². The number of aliphatic hydroxyl groups is 2. The first-order chi connectivity index (χ1) is 11.3. The molecule has 1 aromatic rings. The lowest BCUT2D eigenvalue weighted by Gasteiger charge is -2.22. The van der Waals surface area contributed by atoms with Crippen LogP contribution in [0.25, 0.3) is 0 Å². The number of aromatic amines is 1. The third-order valence-corrected chi connectivity index (χ3v) is 3.61. The molecular formula is C14H20N2O8. The molecule has 0 aliphatic carbocycles. The van der Waals surface area contributed by atoms with Crippen molar-refractivity contribution in [1.29, 1.82) is 0 Å². The molecule has 0 saturated carbocycles. The molecule has 2 heterocycles. The monoisotopic (exact) mass is 344 g/mol. The van der Waals surface area contributed by atoms with Gasteiger partial charge >= 0.3 is 11.7 Å². The first-order valence-corrected chi connectivity index (χ1v) is 7.36. The van der Waals surface area contributed by atoms with Crippen molar-refractivity contribution in [3.63, 3.8) is 0 Å². The summed E-state index contributed by atoms with van der Waals surface area (Å²) in [6.07, 6.45) is -2.89. The van der Waals surface area contributed by atoms with Crippen LogP contribution in [0.5, 0.6) is 0 Å². The smallest absolute Gasteiger partial charge is 0.330 e. The van der Waals surface area contributed by atoms with Crippen molar-refractivity contribution in [1.82, 2.24) is 9.55 Å². The number of hydrogen-bond acceptors (Lipinski definition) is 8. The van der Waals surface area contributed by atoms with Crippen molar-refractivity contribution in [2.24, 2.45) is 0 Å². The highest BCUT2D eigenvalue weighted by Crippen LogP contribution is 2.30. The van der Waals surface area contributed by atoms with Gasteiger partial charge in [-0.25, -0.2) is 4.79 Å². The Labute approximate surface area is 136 Å². The first-order valence-electron chi connectivity index (χ1n) is 7.36. The highest BCUT2D eigenvalue weighted by Gasteiger charge is 2.45. The summed E-state index contributed by atoms with van der Waals surface area (Å²) in [5, 5.41) is 19.5. The molecule has 1 aromatic heterocycles. The normalized spacial score (nSPS) is 26.5. The zero-order chi connectivity index (χ0) is 17.9. The van der Waals surface area contributed by atoms with E-state index in [1.807, 2.05) is 0 Å². The highest BCUT2D eigenvalue weighted by atomic mass is 16.6. The molecule has 4 atom stereocenters. The van der Waals surface area contributed by atoms with E-state index in [2.05, 4.69) is 4.98 Å². The van der Waals surface area contributed by atoms with Crippen LogP contribution in [0.3, 0.4) is 0 Å². The minimum Gasteiger partial charge on any atom is -0.463 e. The Bertz CT molecular complexity index is 697. The summed E-state index contributed by atoms with van der Waals surface area (Å²) in [6, 6.07) is 0. The zero-order valence-electron chi connectivity index (χ0n) is 13.3. The van der Waals surface area contributed by atoms with Gasteiger partial charge in [0, 0.05) is 18.7 Å². The highest BCUT2D eigenvalue weighted by molar-refractivity contribution is 5.65. The van der Waals surface area contributed by atoms with E-state index in [1.165, 1.54) is 20.0 Å². The molecule has 1 aliphatic rings. The summed E-state index contributed by atoms with van der Waals surface area (Å²) < 4.78 is 16.8. The Kier molecular flexibility index (Phi) is 5.89. The zero-order valence-corrected chi connectivity index (χ0v) is 13.3. The molecule has 0 unspecified atom stereocenters. The number of aromatic nitrogens is 2. The van der Waals surface area contributed by atoms with Gasteiger partial charge < -0.3 is 24.4 Å². The summed E-state index contributed by atoms with van der Waals surface area (Å²) in [7, 11) is 0. The quantitative estimate of drug-likeness (QED) is 0.399. The van der Waals surface area contributed by atoms with E-state index < -0.39 is 48.4 Å². The van der Waals surface area contributed by atoms with Gasteiger partial charge in [0.25, 0.3) is 5.56 Å². The van der Waals surface area contributed by atoms with Crippen LogP contribution in [-0.4, -0.2) is 63.9 Å². The van der Waals surface area contributed by atoms with Gasteiger partial charge in [0.1, 0.15) is 24.9 Å². The van der Waals surface area contributed by atoms with Gasteiger partial charge in [-0.3, -0.25) is 19.1 Å². The second-order valence-electron chi connectivity index (χ2n) is 5.39. The molecular weight excluding hydrogens is 324 g/mol. The number of aliphatic hydroxyl groups excluding tert-OH is 2. The average molecular weight is 344 g/mol. The summed E-state index contributed by atoms with van der Waals surface area (Å²) in [4.78, 5) is 36.3. The maximum Gasteiger partial charge on any atom is 0.330 e. The number of carbonyl (C=O) groups is 1. The predicted octanol–water partition coefficient (Wildman–Crippen LogP) is -1.96. The Morgan fingerprint density at radius 3 is 2.75 bits per heavy atom. The lowest BCUT2D eigenvalue weighted by atomic mass is 10.1.